The molecule has 0 radical (unpaired) electrons. The molecule has 0 fully saturated rings. The van der Waals surface area contributed by atoms with Crippen LogP contribution >= 0.6 is 0 Å². The van der Waals surface area contributed by atoms with E-state index in [9.17, 15) is 4.79 Å². The molecule has 0 heterocycles. The van der Waals surface area contributed by atoms with E-state index >= 15 is 0 Å². The lowest BCUT2D eigenvalue weighted by Gasteiger charge is -2.33. The van der Waals surface area contributed by atoms with Gasteiger partial charge in [-0.05, 0) is 44.7 Å². The molecule has 2 N–H and O–H groups in total. The molecule has 0 bridgehead atoms. The second-order valence-corrected chi connectivity index (χ2v) is 7.06. The Balaban J connectivity index is 2.15. The zero-order valence-electron chi connectivity index (χ0n) is 14.5. The third-order valence-corrected chi connectivity index (χ3v) is 4.09. The van der Waals surface area contributed by atoms with E-state index in [1.54, 1.807) is 12.0 Å². The zero-order chi connectivity index (χ0) is 17.0. The van der Waals surface area contributed by atoms with Crippen molar-refractivity contribution in [3.63, 3.8) is 0 Å². The summed E-state index contributed by atoms with van der Waals surface area (Å²) in [5.74, 6) is 0. The van der Waals surface area contributed by atoms with Crippen molar-refractivity contribution in [3.05, 3.63) is 35.4 Å². The monoisotopic (exact) mass is 320 g/mol. The highest BCUT2D eigenvalue weighted by Gasteiger charge is 2.33. The van der Waals surface area contributed by atoms with Crippen molar-refractivity contribution in [1.29, 1.82) is 0 Å². The van der Waals surface area contributed by atoms with Crippen LogP contribution in [0.1, 0.15) is 31.9 Å². The fraction of sp³-hybridized carbons (Fsp3) is 0.611. The summed E-state index contributed by atoms with van der Waals surface area (Å²) >= 11 is 0. The van der Waals surface area contributed by atoms with Crippen molar-refractivity contribution in [2.45, 2.75) is 51.4 Å². The number of carbonyl (C=O) groups excluding carboxylic acids is 1. The molecule has 0 spiro atoms. The maximum atomic E-state index is 12.7. The first kappa shape index (κ1) is 17.8. The molecule has 0 saturated carbocycles. The number of rotatable bonds is 5. The molecule has 5 nitrogen and oxygen atoms in total. The number of amides is 1. The van der Waals surface area contributed by atoms with Crippen LogP contribution in [0, 0.1) is 0 Å². The summed E-state index contributed by atoms with van der Waals surface area (Å²) in [6.07, 6.45) is 1.20. The molecule has 0 aromatic heterocycles. The summed E-state index contributed by atoms with van der Waals surface area (Å²) in [6, 6.07) is 8.42. The molecule has 1 aliphatic rings. The molecular weight excluding hydrogens is 292 g/mol. The fourth-order valence-electron chi connectivity index (χ4n) is 2.91. The Bertz CT molecular complexity index is 510. The first-order chi connectivity index (χ1) is 10.8. The van der Waals surface area contributed by atoms with Crippen molar-refractivity contribution in [1.82, 2.24) is 4.90 Å². The number of hydrogen-bond donors (Lipinski definition) is 1. The van der Waals surface area contributed by atoms with E-state index in [2.05, 4.69) is 12.1 Å². The number of benzene rings is 1. The third kappa shape index (κ3) is 4.69. The highest BCUT2D eigenvalue weighted by molar-refractivity contribution is 5.69. The Labute approximate surface area is 138 Å². The number of fused-ring (bicyclic) bond motifs is 1. The van der Waals surface area contributed by atoms with Gasteiger partial charge in [0.05, 0.1) is 12.6 Å². The van der Waals surface area contributed by atoms with Gasteiger partial charge in [-0.2, -0.15) is 0 Å². The van der Waals surface area contributed by atoms with Gasteiger partial charge in [0, 0.05) is 19.7 Å². The Hall–Kier alpha value is -1.59. The number of hydrogen-bond acceptors (Lipinski definition) is 4. The van der Waals surface area contributed by atoms with E-state index in [0.29, 0.717) is 13.1 Å². The van der Waals surface area contributed by atoms with Crippen LogP contribution in [0.4, 0.5) is 4.79 Å². The number of methoxy groups -OCH3 is 1. The molecule has 1 amide bonds. The van der Waals surface area contributed by atoms with E-state index in [1.165, 1.54) is 11.1 Å². The molecule has 5 heteroatoms. The molecule has 128 valence electrons. The Morgan fingerprint density at radius 3 is 2.30 bits per heavy atom. The maximum absolute atomic E-state index is 12.7. The third-order valence-electron chi connectivity index (χ3n) is 4.09. The minimum Gasteiger partial charge on any atom is -0.444 e. The van der Waals surface area contributed by atoms with Crippen molar-refractivity contribution in [3.8, 4) is 0 Å². The van der Waals surface area contributed by atoms with Crippen LogP contribution in [0.15, 0.2) is 24.3 Å². The largest absolute Gasteiger partial charge is 0.444 e. The maximum Gasteiger partial charge on any atom is 0.410 e. The second kappa shape index (κ2) is 7.32. The first-order valence-electron chi connectivity index (χ1n) is 8.13. The molecule has 1 unspecified atom stereocenters. The number of ether oxygens (including phenoxy) is 2. The van der Waals surface area contributed by atoms with Gasteiger partial charge in [-0.1, -0.05) is 24.3 Å². The molecule has 2 rings (SSSR count). The average molecular weight is 320 g/mol. The smallest absolute Gasteiger partial charge is 0.410 e. The van der Waals surface area contributed by atoms with E-state index in [1.807, 2.05) is 32.9 Å². The van der Waals surface area contributed by atoms with Gasteiger partial charge in [0.1, 0.15) is 5.60 Å². The summed E-state index contributed by atoms with van der Waals surface area (Å²) in [7, 11) is 1.62. The summed E-state index contributed by atoms with van der Waals surface area (Å²) in [5, 5.41) is 0. The number of carbonyl (C=O) groups is 1. The molecule has 0 aliphatic heterocycles. The highest BCUT2D eigenvalue weighted by Crippen LogP contribution is 2.27. The number of nitrogens with zero attached hydrogens (tertiary/aromatic N) is 1. The average Bonchev–Trinajstić information content (AvgIpc) is 2.90. The molecule has 23 heavy (non-hydrogen) atoms. The van der Waals surface area contributed by atoms with Gasteiger partial charge in [0.25, 0.3) is 0 Å². The highest BCUT2D eigenvalue weighted by atomic mass is 16.6. The minimum atomic E-state index is -0.522. The topological polar surface area (TPSA) is 64.8 Å². The van der Waals surface area contributed by atoms with Crippen molar-refractivity contribution < 1.29 is 14.3 Å². The van der Waals surface area contributed by atoms with Crippen LogP contribution in [0.3, 0.4) is 0 Å². The van der Waals surface area contributed by atoms with Gasteiger partial charge in [-0.3, -0.25) is 0 Å². The van der Waals surface area contributed by atoms with E-state index in [0.717, 1.165) is 12.8 Å². The van der Waals surface area contributed by atoms with Crippen molar-refractivity contribution >= 4 is 6.09 Å². The van der Waals surface area contributed by atoms with Crippen LogP contribution in [0.5, 0.6) is 0 Å². The van der Waals surface area contributed by atoms with Crippen molar-refractivity contribution in [2.75, 3.05) is 20.2 Å². The van der Waals surface area contributed by atoms with Gasteiger partial charge in [-0.25, -0.2) is 4.79 Å². The normalized spacial score (nSPS) is 16.0. The van der Waals surface area contributed by atoms with Gasteiger partial charge >= 0.3 is 6.09 Å². The van der Waals surface area contributed by atoms with E-state index in [-0.39, 0.29) is 18.2 Å². The summed E-state index contributed by atoms with van der Waals surface area (Å²) in [5.41, 5.74) is 7.81. The quantitative estimate of drug-likeness (QED) is 0.904. The predicted octanol–water partition coefficient (Wildman–Crippen LogP) is 2.36. The van der Waals surface area contributed by atoms with Crippen LogP contribution in [-0.4, -0.2) is 48.9 Å². The van der Waals surface area contributed by atoms with Gasteiger partial charge in [0.2, 0.25) is 0 Å². The Morgan fingerprint density at radius 2 is 1.87 bits per heavy atom. The zero-order valence-corrected chi connectivity index (χ0v) is 14.5. The standard InChI is InChI=1S/C18H28N2O3/c1-18(2,3)23-17(21)20(12-16(11-19)22-4)15-9-13-7-5-6-8-14(13)10-15/h5-8,15-16H,9-12,19H2,1-4H3. The fourth-order valence-corrected chi connectivity index (χ4v) is 2.91. The minimum absolute atomic E-state index is 0.0893. The van der Waals surface area contributed by atoms with E-state index < -0.39 is 5.60 Å². The van der Waals surface area contributed by atoms with Gasteiger partial charge in [0.15, 0.2) is 0 Å². The van der Waals surface area contributed by atoms with Crippen LogP contribution in [0.2, 0.25) is 0 Å². The Morgan fingerprint density at radius 1 is 1.30 bits per heavy atom. The van der Waals surface area contributed by atoms with Crippen molar-refractivity contribution in [2.24, 2.45) is 5.73 Å². The molecule has 1 atom stereocenters. The lowest BCUT2D eigenvalue weighted by Crippen LogP contribution is -2.49. The van der Waals surface area contributed by atoms with Crippen LogP contribution in [0.25, 0.3) is 0 Å². The molecule has 1 aromatic rings. The van der Waals surface area contributed by atoms with Gasteiger partial charge in [-0.15, -0.1) is 0 Å². The van der Waals surface area contributed by atoms with E-state index in [4.69, 9.17) is 15.2 Å². The van der Waals surface area contributed by atoms with Gasteiger partial charge < -0.3 is 20.1 Å². The van der Waals surface area contributed by atoms with Crippen LogP contribution in [-0.2, 0) is 22.3 Å². The molecule has 1 aliphatic carbocycles. The summed E-state index contributed by atoms with van der Waals surface area (Å²) in [6.45, 7) is 6.45. The summed E-state index contributed by atoms with van der Waals surface area (Å²) < 4.78 is 11.0. The summed E-state index contributed by atoms with van der Waals surface area (Å²) in [4.78, 5) is 14.5. The van der Waals surface area contributed by atoms with Crippen LogP contribution < -0.4 is 5.73 Å². The molecular formula is C18H28N2O3. The molecule has 1 aromatic carbocycles. The lowest BCUT2D eigenvalue weighted by atomic mass is 10.1. The predicted molar refractivity (Wildman–Crippen MR) is 90.4 cm³/mol. The molecule has 0 saturated heterocycles. The SMILES string of the molecule is COC(CN)CN(C(=O)OC(C)(C)C)C1Cc2ccccc2C1. The lowest BCUT2D eigenvalue weighted by molar-refractivity contribution is -0.000311. The first-order valence-corrected chi connectivity index (χ1v) is 8.13. The number of nitrogens with two attached hydrogens (primary N) is 1. The Kier molecular flexibility index (Phi) is 5.65. The second-order valence-electron chi connectivity index (χ2n) is 7.06.